The first kappa shape index (κ1) is 24.5. The fourth-order valence-corrected chi connectivity index (χ4v) is 5.30. The second-order valence-corrected chi connectivity index (χ2v) is 10.1. The van der Waals surface area contributed by atoms with Crippen LogP contribution in [0.3, 0.4) is 0 Å². The number of fused-ring (bicyclic) bond motifs is 2. The molecule has 4 heterocycles. The van der Waals surface area contributed by atoms with Crippen LogP contribution in [0.25, 0.3) is 11.7 Å². The average molecular weight is 529 g/mol. The summed E-state index contributed by atoms with van der Waals surface area (Å²) in [6, 6.07) is 19.9. The third kappa shape index (κ3) is 5.26. The third-order valence-corrected chi connectivity index (χ3v) is 7.45. The molecule has 194 valence electrons. The van der Waals surface area contributed by atoms with Crippen LogP contribution in [0.2, 0.25) is 5.02 Å². The maximum Gasteiger partial charge on any atom is 0.231 e. The van der Waals surface area contributed by atoms with Crippen molar-refractivity contribution in [1.82, 2.24) is 19.2 Å². The lowest BCUT2D eigenvalue weighted by atomic mass is 9.91. The van der Waals surface area contributed by atoms with E-state index in [1.165, 1.54) is 5.56 Å². The Morgan fingerprint density at radius 3 is 2.66 bits per heavy atom. The van der Waals surface area contributed by atoms with Gasteiger partial charge < -0.3 is 18.8 Å². The molecule has 7 nitrogen and oxygen atoms in total. The van der Waals surface area contributed by atoms with Crippen molar-refractivity contribution >= 4 is 29.2 Å². The van der Waals surface area contributed by atoms with E-state index < -0.39 is 0 Å². The number of hydrogen-bond acceptors (Lipinski definition) is 5. The van der Waals surface area contributed by atoms with E-state index in [-0.39, 0.29) is 18.6 Å². The second kappa shape index (κ2) is 10.9. The molecule has 2 aromatic carbocycles. The zero-order chi connectivity index (χ0) is 25.9. The van der Waals surface area contributed by atoms with Gasteiger partial charge in [0, 0.05) is 57.5 Å². The monoisotopic (exact) mass is 528 g/mol. The van der Waals surface area contributed by atoms with Gasteiger partial charge >= 0.3 is 0 Å². The molecule has 4 aromatic rings. The topological polar surface area (TPSA) is 59.3 Å². The molecule has 0 spiro atoms. The number of carbonyl (C=O) groups excluding carboxylic acids is 1. The standard InChI is InChI=1S/C30H29ClN4O3/c31-24-9-11-29-32-19-26(35(29)20-24)25(23-8-10-27-28(17-23)38-21-37-27)18-30(36)34-15-13-33(14-16-34)12-4-7-22-5-2-1-3-6-22/h1-11,17,19-20,25H,12-16,18,21H2/b7-4+. The van der Waals surface area contributed by atoms with Crippen LogP contribution < -0.4 is 9.47 Å². The fourth-order valence-electron chi connectivity index (χ4n) is 5.14. The van der Waals surface area contributed by atoms with Crippen LogP contribution in [0, 0.1) is 0 Å². The molecule has 2 aliphatic heterocycles. The normalized spacial score (nSPS) is 16.4. The number of halogens is 1. The largest absolute Gasteiger partial charge is 0.454 e. The van der Waals surface area contributed by atoms with Crippen molar-refractivity contribution in [1.29, 1.82) is 0 Å². The summed E-state index contributed by atoms with van der Waals surface area (Å²) in [5.41, 5.74) is 3.89. The van der Waals surface area contributed by atoms with Crippen LogP contribution in [0.5, 0.6) is 11.5 Å². The molecule has 8 heteroatoms. The molecular weight excluding hydrogens is 500 g/mol. The number of piperazine rings is 1. The fraction of sp³-hybridized carbons (Fsp3) is 0.267. The Hall–Kier alpha value is -3.81. The van der Waals surface area contributed by atoms with Crippen molar-refractivity contribution in [3.63, 3.8) is 0 Å². The van der Waals surface area contributed by atoms with E-state index in [1.807, 2.05) is 70.2 Å². The first-order valence-electron chi connectivity index (χ1n) is 12.9. The zero-order valence-electron chi connectivity index (χ0n) is 21.0. The molecule has 1 atom stereocenters. The van der Waals surface area contributed by atoms with Gasteiger partial charge in [-0.15, -0.1) is 0 Å². The van der Waals surface area contributed by atoms with Crippen molar-refractivity contribution in [2.75, 3.05) is 39.5 Å². The van der Waals surface area contributed by atoms with Crippen LogP contribution in [-0.2, 0) is 4.79 Å². The average Bonchev–Trinajstić information content (AvgIpc) is 3.59. The van der Waals surface area contributed by atoms with E-state index in [9.17, 15) is 4.79 Å². The molecular formula is C30H29ClN4O3. The van der Waals surface area contributed by atoms with Crippen molar-refractivity contribution in [2.45, 2.75) is 12.3 Å². The summed E-state index contributed by atoms with van der Waals surface area (Å²) in [5, 5.41) is 0.616. The number of amides is 1. The predicted octanol–water partition coefficient (Wildman–Crippen LogP) is 5.10. The number of pyridine rings is 1. The number of nitrogens with zero attached hydrogens (tertiary/aromatic N) is 4. The van der Waals surface area contributed by atoms with Crippen molar-refractivity contribution in [3.05, 3.63) is 101 Å². The van der Waals surface area contributed by atoms with Gasteiger partial charge in [-0.1, -0.05) is 60.2 Å². The summed E-state index contributed by atoms with van der Waals surface area (Å²) in [6.07, 6.45) is 8.36. The predicted molar refractivity (Wildman–Crippen MR) is 148 cm³/mol. The molecule has 1 saturated heterocycles. The van der Waals surface area contributed by atoms with E-state index in [4.69, 9.17) is 21.1 Å². The zero-order valence-corrected chi connectivity index (χ0v) is 21.8. The van der Waals surface area contributed by atoms with Gasteiger partial charge in [0.25, 0.3) is 0 Å². The van der Waals surface area contributed by atoms with Gasteiger partial charge in [-0.05, 0) is 35.4 Å². The lowest BCUT2D eigenvalue weighted by molar-refractivity contribution is -0.133. The van der Waals surface area contributed by atoms with E-state index in [2.05, 4.69) is 34.2 Å². The minimum absolute atomic E-state index is 0.129. The Balaban J connectivity index is 1.17. The number of carbonyl (C=O) groups is 1. The molecule has 2 aromatic heterocycles. The molecule has 1 fully saturated rings. The van der Waals surface area contributed by atoms with E-state index >= 15 is 0 Å². The number of hydrogen-bond donors (Lipinski definition) is 0. The molecule has 0 saturated carbocycles. The summed E-state index contributed by atoms with van der Waals surface area (Å²) in [4.78, 5) is 22.5. The third-order valence-electron chi connectivity index (χ3n) is 7.23. The Kier molecular flexibility index (Phi) is 7.03. The lowest BCUT2D eigenvalue weighted by Gasteiger charge is -2.35. The summed E-state index contributed by atoms with van der Waals surface area (Å²) in [7, 11) is 0. The molecule has 38 heavy (non-hydrogen) atoms. The van der Waals surface area contributed by atoms with Gasteiger partial charge in [-0.3, -0.25) is 9.69 Å². The van der Waals surface area contributed by atoms with Gasteiger partial charge in [-0.25, -0.2) is 4.98 Å². The Bertz CT molecular complexity index is 1460. The molecule has 0 N–H and O–H groups in total. The lowest BCUT2D eigenvalue weighted by Crippen LogP contribution is -2.48. The van der Waals surface area contributed by atoms with Crippen LogP contribution in [0.15, 0.2) is 79.1 Å². The summed E-state index contributed by atoms with van der Waals surface area (Å²) in [5.74, 6) is 1.34. The van der Waals surface area contributed by atoms with Gasteiger partial charge in [0.05, 0.1) is 10.7 Å². The first-order chi connectivity index (χ1) is 18.6. The summed E-state index contributed by atoms with van der Waals surface area (Å²) in [6.45, 7) is 4.21. The number of ether oxygens (including phenoxy) is 2. The molecule has 0 radical (unpaired) electrons. The van der Waals surface area contributed by atoms with Gasteiger partial charge in [0.2, 0.25) is 12.7 Å². The second-order valence-electron chi connectivity index (χ2n) is 9.62. The van der Waals surface area contributed by atoms with Crippen LogP contribution >= 0.6 is 11.6 Å². The van der Waals surface area contributed by atoms with Crippen LogP contribution in [0.4, 0.5) is 0 Å². The first-order valence-corrected chi connectivity index (χ1v) is 13.3. The summed E-state index contributed by atoms with van der Waals surface area (Å²) < 4.78 is 13.1. The smallest absolute Gasteiger partial charge is 0.231 e. The van der Waals surface area contributed by atoms with Crippen molar-refractivity contribution < 1.29 is 14.3 Å². The van der Waals surface area contributed by atoms with Crippen molar-refractivity contribution in [2.24, 2.45) is 0 Å². The number of imidazole rings is 1. The van der Waals surface area contributed by atoms with Crippen LogP contribution in [0.1, 0.15) is 29.2 Å². The molecule has 1 amide bonds. The van der Waals surface area contributed by atoms with E-state index in [1.54, 1.807) is 0 Å². The highest BCUT2D eigenvalue weighted by molar-refractivity contribution is 6.30. The highest BCUT2D eigenvalue weighted by Gasteiger charge is 2.28. The maximum atomic E-state index is 13.6. The Morgan fingerprint density at radius 1 is 1.00 bits per heavy atom. The van der Waals surface area contributed by atoms with Gasteiger partial charge in [0.1, 0.15) is 5.65 Å². The highest BCUT2D eigenvalue weighted by Crippen LogP contribution is 2.38. The van der Waals surface area contributed by atoms with Gasteiger partial charge in [-0.2, -0.15) is 0 Å². The van der Waals surface area contributed by atoms with Crippen molar-refractivity contribution in [3.8, 4) is 11.5 Å². The number of rotatable bonds is 7. The SMILES string of the molecule is O=C(CC(c1ccc2c(c1)OCO2)c1cnc2ccc(Cl)cn12)N1CCN(C/C=C/c2ccccc2)CC1. The Morgan fingerprint density at radius 2 is 1.82 bits per heavy atom. The molecule has 0 aliphatic carbocycles. The quantitative estimate of drug-likeness (QED) is 0.334. The molecule has 1 unspecified atom stereocenters. The van der Waals surface area contributed by atoms with E-state index in [0.29, 0.717) is 30.3 Å². The minimum atomic E-state index is -0.211. The van der Waals surface area contributed by atoms with E-state index in [0.717, 1.165) is 42.3 Å². The minimum Gasteiger partial charge on any atom is -0.454 e. The molecule has 6 rings (SSSR count). The summed E-state index contributed by atoms with van der Waals surface area (Å²) >= 11 is 6.32. The molecule has 0 bridgehead atoms. The maximum absolute atomic E-state index is 13.6. The van der Waals surface area contributed by atoms with Crippen LogP contribution in [-0.4, -0.2) is 64.6 Å². The number of aromatic nitrogens is 2. The molecule has 2 aliphatic rings. The van der Waals surface area contributed by atoms with Gasteiger partial charge in [0.15, 0.2) is 11.5 Å². The highest BCUT2D eigenvalue weighted by atomic mass is 35.5. The number of benzene rings is 2. The Labute approximate surface area is 226 Å².